The van der Waals surface area contributed by atoms with Gasteiger partial charge in [-0.25, -0.2) is 18.7 Å². The number of hydrogen-bond donors (Lipinski definition) is 3. The predicted octanol–water partition coefficient (Wildman–Crippen LogP) is 5.09. The average Bonchev–Trinajstić information content (AvgIpc) is 3.25. The van der Waals surface area contributed by atoms with Crippen LogP contribution in [-0.4, -0.2) is 26.6 Å². The van der Waals surface area contributed by atoms with Crippen molar-refractivity contribution in [1.29, 1.82) is 0 Å². The minimum atomic E-state index is -0.925. The monoisotopic (exact) mass is 406 g/mol. The molecule has 3 N–H and O–H groups in total. The number of hydrogen-bond acceptors (Lipinski definition) is 4. The smallest absolute Gasteiger partial charge is 0.166 e. The Kier molecular flexibility index (Phi) is 5.43. The summed E-state index contributed by atoms with van der Waals surface area (Å²) < 4.78 is 28.3. The Morgan fingerprint density at radius 3 is 2.73 bits per heavy atom. The zero-order valence-corrected chi connectivity index (χ0v) is 16.3. The molecule has 2 aromatic heterocycles. The van der Waals surface area contributed by atoms with Gasteiger partial charge in [0.15, 0.2) is 11.6 Å². The molecule has 0 aliphatic rings. The summed E-state index contributed by atoms with van der Waals surface area (Å²) >= 11 is 0. The van der Waals surface area contributed by atoms with Crippen LogP contribution in [0.25, 0.3) is 22.4 Å². The maximum Gasteiger partial charge on any atom is 0.166 e. The highest BCUT2D eigenvalue weighted by atomic mass is 19.2. The highest BCUT2D eigenvalue weighted by molar-refractivity contribution is 5.76. The highest BCUT2D eigenvalue weighted by Gasteiger charge is 2.15. The van der Waals surface area contributed by atoms with E-state index < -0.39 is 11.6 Å². The van der Waals surface area contributed by atoms with Gasteiger partial charge in [0.1, 0.15) is 11.6 Å². The Labute approximate surface area is 172 Å². The first-order valence-electron chi connectivity index (χ1n) is 9.49. The number of phenolic OH excluding ortho intramolecular Hbond substituents is 1. The minimum absolute atomic E-state index is 0.0633. The molecule has 0 saturated carbocycles. The summed E-state index contributed by atoms with van der Waals surface area (Å²) in [6, 6.07) is 12.6. The number of phenols is 1. The van der Waals surface area contributed by atoms with E-state index >= 15 is 0 Å². The summed E-state index contributed by atoms with van der Waals surface area (Å²) in [7, 11) is 0. The van der Waals surface area contributed by atoms with Crippen molar-refractivity contribution in [3.05, 3.63) is 83.9 Å². The molecule has 4 aromatic rings. The van der Waals surface area contributed by atoms with Gasteiger partial charge in [-0.1, -0.05) is 23.8 Å². The number of benzene rings is 2. The number of rotatable bonds is 6. The molecule has 30 heavy (non-hydrogen) atoms. The van der Waals surface area contributed by atoms with Gasteiger partial charge < -0.3 is 15.4 Å². The molecule has 152 valence electrons. The molecule has 0 atom stereocenters. The van der Waals surface area contributed by atoms with Crippen LogP contribution < -0.4 is 5.32 Å². The van der Waals surface area contributed by atoms with Crippen molar-refractivity contribution in [3.8, 4) is 28.1 Å². The second kappa shape index (κ2) is 8.32. The van der Waals surface area contributed by atoms with E-state index in [2.05, 4.69) is 20.3 Å². The second-order valence-electron chi connectivity index (χ2n) is 7.00. The molecule has 0 aliphatic carbocycles. The molecule has 4 rings (SSSR count). The molecule has 0 aliphatic heterocycles. The van der Waals surface area contributed by atoms with Crippen LogP contribution in [0.5, 0.6) is 5.75 Å². The number of aromatic amines is 1. The van der Waals surface area contributed by atoms with E-state index in [0.29, 0.717) is 35.6 Å². The number of nitrogens with zero attached hydrogens (tertiary/aromatic N) is 2. The lowest BCUT2D eigenvalue weighted by atomic mass is 10.0. The van der Waals surface area contributed by atoms with Gasteiger partial charge in [0, 0.05) is 36.0 Å². The zero-order chi connectivity index (χ0) is 21.1. The van der Waals surface area contributed by atoms with E-state index in [1.54, 1.807) is 42.9 Å². The quantitative estimate of drug-likeness (QED) is 0.417. The molecule has 5 nitrogen and oxygen atoms in total. The van der Waals surface area contributed by atoms with Crippen molar-refractivity contribution in [3.63, 3.8) is 0 Å². The fourth-order valence-corrected chi connectivity index (χ4v) is 3.24. The lowest BCUT2D eigenvalue weighted by molar-refractivity contribution is 0.477. The Morgan fingerprint density at radius 1 is 1.07 bits per heavy atom. The van der Waals surface area contributed by atoms with Gasteiger partial charge >= 0.3 is 0 Å². The van der Waals surface area contributed by atoms with Crippen LogP contribution in [0.2, 0.25) is 0 Å². The zero-order valence-electron chi connectivity index (χ0n) is 16.3. The van der Waals surface area contributed by atoms with Crippen LogP contribution >= 0.6 is 0 Å². The summed E-state index contributed by atoms with van der Waals surface area (Å²) in [5.41, 5.74) is 3.48. The van der Waals surface area contributed by atoms with Gasteiger partial charge in [0.25, 0.3) is 0 Å². The fourth-order valence-electron chi connectivity index (χ4n) is 3.24. The standard InChI is InChI=1S/C23H20F2N4O/c1-14-5-6-21(30)18(9-14)20-10-15(17-3-2-4-19(24)23(17)25)11-22(29-20)27-8-7-16-12-26-13-28-16/h2-6,9-13,30H,7-8H2,1H3,(H,26,28)(H,27,29). The summed E-state index contributed by atoms with van der Waals surface area (Å²) in [4.78, 5) is 11.6. The number of aryl methyl sites for hydroxylation is 1. The molecule has 2 aromatic carbocycles. The maximum atomic E-state index is 14.5. The molecule has 0 spiro atoms. The number of pyridine rings is 1. The van der Waals surface area contributed by atoms with Crippen LogP contribution in [0.15, 0.2) is 61.1 Å². The number of H-pyrrole nitrogens is 1. The third kappa shape index (κ3) is 4.15. The van der Waals surface area contributed by atoms with E-state index in [1.807, 2.05) is 6.92 Å². The van der Waals surface area contributed by atoms with Crippen LogP contribution in [0, 0.1) is 18.6 Å². The first-order valence-corrected chi connectivity index (χ1v) is 9.49. The van der Waals surface area contributed by atoms with Crippen molar-refractivity contribution in [2.45, 2.75) is 13.3 Å². The van der Waals surface area contributed by atoms with E-state index in [0.717, 1.165) is 17.3 Å². The molecule has 2 heterocycles. The molecular weight excluding hydrogens is 386 g/mol. The van der Waals surface area contributed by atoms with Crippen LogP contribution in [-0.2, 0) is 6.42 Å². The number of imidazole rings is 1. The third-order valence-electron chi connectivity index (χ3n) is 4.77. The molecule has 0 bridgehead atoms. The molecule has 0 unspecified atom stereocenters. The van der Waals surface area contributed by atoms with Gasteiger partial charge in [-0.2, -0.15) is 0 Å². The molecular formula is C23H20F2N4O. The average molecular weight is 406 g/mol. The lowest BCUT2D eigenvalue weighted by Crippen LogP contribution is -2.07. The SMILES string of the molecule is Cc1ccc(O)c(-c2cc(-c3cccc(F)c3F)cc(NCCc3cnc[nH]3)n2)c1. The van der Waals surface area contributed by atoms with Crippen LogP contribution in [0.1, 0.15) is 11.3 Å². The Balaban J connectivity index is 1.75. The van der Waals surface area contributed by atoms with E-state index in [9.17, 15) is 13.9 Å². The third-order valence-corrected chi connectivity index (χ3v) is 4.77. The molecule has 0 saturated heterocycles. The predicted molar refractivity (Wildman–Crippen MR) is 112 cm³/mol. The van der Waals surface area contributed by atoms with Crippen LogP contribution in [0.3, 0.4) is 0 Å². The first kappa shape index (κ1) is 19.6. The first-order chi connectivity index (χ1) is 14.5. The van der Waals surface area contributed by atoms with E-state index in [1.165, 1.54) is 12.1 Å². The van der Waals surface area contributed by atoms with Gasteiger partial charge in [-0.05, 0) is 42.8 Å². The Bertz CT molecular complexity index is 1160. The largest absolute Gasteiger partial charge is 0.507 e. The normalized spacial score (nSPS) is 10.9. The van der Waals surface area contributed by atoms with Gasteiger partial charge in [-0.3, -0.25) is 0 Å². The van der Waals surface area contributed by atoms with Crippen molar-refractivity contribution < 1.29 is 13.9 Å². The second-order valence-corrected chi connectivity index (χ2v) is 7.00. The van der Waals surface area contributed by atoms with Crippen LogP contribution in [0.4, 0.5) is 14.6 Å². The highest BCUT2D eigenvalue weighted by Crippen LogP contribution is 2.34. The number of aromatic hydroxyl groups is 1. The molecule has 0 radical (unpaired) electrons. The van der Waals surface area contributed by atoms with E-state index in [4.69, 9.17) is 0 Å². The maximum absolute atomic E-state index is 14.5. The summed E-state index contributed by atoms with van der Waals surface area (Å²) in [6.07, 6.45) is 4.04. The molecule has 0 fully saturated rings. The van der Waals surface area contributed by atoms with E-state index in [-0.39, 0.29) is 11.3 Å². The number of anilines is 1. The number of nitrogens with one attached hydrogen (secondary N) is 2. The van der Waals surface area contributed by atoms with Crippen molar-refractivity contribution in [2.24, 2.45) is 0 Å². The molecule has 7 heteroatoms. The Hall–Kier alpha value is -3.74. The summed E-state index contributed by atoms with van der Waals surface area (Å²) in [5, 5.41) is 13.5. The van der Waals surface area contributed by atoms with Gasteiger partial charge in [0.05, 0.1) is 12.0 Å². The summed E-state index contributed by atoms with van der Waals surface area (Å²) in [5.74, 6) is -1.29. The van der Waals surface area contributed by atoms with Crippen molar-refractivity contribution >= 4 is 5.82 Å². The molecule has 0 amide bonds. The lowest BCUT2D eigenvalue weighted by Gasteiger charge is -2.13. The summed E-state index contributed by atoms with van der Waals surface area (Å²) in [6.45, 7) is 2.46. The van der Waals surface area contributed by atoms with Crippen molar-refractivity contribution in [2.75, 3.05) is 11.9 Å². The van der Waals surface area contributed by atoms with Gasteiger partial charge in [-0.15, -0.1) is 0 Å². The fraction of sp³-hybridized carbons (Fsp3) is 0.130. The van der Waals surface area contributed by atoms with Gasteiger partial charge in [0.2, 0.25) is 0 Å². The topological polar surface area (TPSA) is 73.8 Å². The number of halogens is 2. The number of aromatic nitrogens is 3. The minimum Gasteiger partial charge on any atom is -0.507 e. The van der Waals surface area contributed by atoms with Crippen molar-refractivity contribution in [1.82, 2.24) is 15.0 Å². The Morgan fingerprint density at radius 2 is 1.93 bits per heavy atom.